The molecule has 0 spiro atoms. The minimum atomic E-state index is 0.151. The number of hydrogen-bond donors (Lipinski definition) is 1. The van der Waals surface area contributed by atoms with Crippen molar-refractivity contribution in [3.8, 4) is 22.8 Å². The molecule has 6 nitrogen and oxygen atoms in total. The quantitative estimate of drug-likeness (QED) is 0.296. The Morgan fingerprint density at radius 1 is 0.912 bits per heavy atom. The molecule has 0 radical (unpaired) electrons. The Balaban J connectivity index is 1.41. The van der Waals surface area contributed by atoms with Crippen LogP contribution in [0.2, 0.25) is 5.28 Å². The number of ether oxygens (including phenoxy) is 1. The molecule has 0 bridgehead atoms. The lowest BCUT2D eigenvalue weighted by Crippen LogP contribution is -2.21. The number of rotatable bonds is 8. The predicted octanol–water partition coefficient (Wildman–Crippen LogP) is 6.13. The zero-order valence-electron chi connectivity index (χ0n) is 18.7. The summed E-state index contributed by atoms with van der Waals surface area (Å²) in [6.07, 6.45) is 0.972. The third-order valence-corrected chi connectivity index (χ3v) is 5.95. The van der Waals surface area contributed by atoms with Gasteiger partial charge in [0.05, 0.1) is 0 Å². The van der Waals surface area contributed by atoms with Gasteiger partial charge in [0, 0.05) is 17.7 Å². The van der Waals surface area contributed by atoms with Crippen LogP contribution < -0.4 is 10.1 Å². The van der Waals surface area contributed by atoms with E-state index in [1.165, 1.54) is 10.1 Å². The molecule has 34 heavy (non-hydrogen) atoms. The Morgan fingerprint density at radius 2 is 1.68 bits per heavy atom. The van der Waals surface area contributed by atoms with Gasteiger partial charge in [-0.25, -0.2) is 0 Å². The fourth-order valence-electron chi connectivity index (χ4n) is 3.86. The molecule has 2 aromatic heterocycles. The van der Waals surface area contributed by atoms with Crippen molar-refractivity contribution >= 4 is 17.2 Å². The summed E-state index contributed by atoms with van der Waals surface area (Å²) in [5.41, 5.74) is 5.06. The molecule has 0 aliphatic rings. The second-order valence-electron chi connectivity index (χ2n) is 8.05. The molecule has 0 aliphatic carbocycles. The monoisotopic (exact) mass is 469 g/mol. The van der Waals surface area contributed by atoms with E-state index in [2.05, 4.69) is 82.1 Å². The molecular formula is C27H24ClN5O. The molecule has 1 unspecified atom stereocenters. The van der Waals surface area contributed by atoms with E-state index in [1.54, 1.807) is 12.1 Å². The molecule has 5 rings (SSSR count). The van der Waals surface area contributed by atoms with Crippen LogP contribution in [0, 0.1) is 0 Å². The highest BCUT2D eigenvalue weighted by Gasteiger charge is 2.14. The third kappa shape index (κ3) is 4.93. The maximum absolute atomic E-state index is 6.29. The predicted molar refractivity (Wildman–Crippen MR) is 134 cm³/mol. The third-order valence-electron chi connectivity index (χ3n) is 5.71. The molecule has 2 heterocycles. The lowest BCUT2D eigenvalue weighted by Gasteiger charge is -2.18. The smallest absolute Gasteiger partial charge is 0.246 e. The lowest BCUT2D eigenvalue weighted by atomic mass is 10.00. The van der Waals surface area contributed by atoms with Gasteiger partial charge in [0.15, 0.2) is 5.65 Å². The molecule has 7 heteroatoms. The van der Waals surface area contributed by atoms with Gasteiger partial charge in [0.25, 0.3) is 0 Å². The highest BCUT2D eigenvalue weighted by atomic mass is 35.5. The second kappa shape index (κ2) is 10.0. The van der Waals surface area contributed by atoms with Gasteiger partial charge in [0.1, 0.15) is 5.75 Å². The van der Waals surface area contributed by atoms with Crippen LogP contribution in [-0.4, -0.2) is 26.4 Å². The SMILES string of the molecule is CC(NCCc1ccccc1)c1ccc(-c2ccccc2)c(Oc2ccc3nnc(Cl)n3n2)c1. The standard InChI is InChI=1S/C27H24ClN5O/c1-19(29-17-16-20-8-4-2-5-9-20)22-12-13-23(21-10-6-3-7-11-21)24(18-22)34-26-15-14-25-30-31-27(28)33(25)32-26/h2-15,18-19,29H,16-17H2,1H3. The summed E-state index contributed by atoms with van der Waals surface area (Å²) in [5, 5.41) is 16.1. The average molecular weight is 470 g/mol. The maximum Gasteiger partial charge on any atom is 0.246 e. The molecule has 1 N–H and O–H groups in total. The van der Waals surface area contributed by atoms with E-state index in [-0.39, 0.29) is 11.3 Å². The minimum absolute atomic E-state index is 0.151. The van der Waals surface area contributed by atoms with Gasteiger partial charge >= 0.3 is 0 Å². The summed E-state index contributed by atoms with van der Waals surface area (Å²) >= 11 is 6.10. The number of fused-ring (bicyclic) bond motifs is 1. The van der Waals surface area contributed by atoms with Crippen molar-refractivity contribution in [2.75, 3.05) is 6.54 Å². The zero-order chi connectivity index (χ0) is 23.3. The van der Waals surface area contributed by atoms with E-state index in [0.717, 1.165) is 35.4 Å². The van der Waals surface area contributed by atoms with Crippen LogP contribution in [0.4, 0.5) is 0 Å². The molecular weight excluding hydrogens is 446 g/mol. The summed E-state index contributed by atoms with van der Waals surface area (Å²) in [5.74, 6) is 1.13. The largest absolute Gasteiger partial charge is 0.437 e. The highest BCUT2D eigenvalue weighted by Crippen LogP contribution is 2.35. The van der Waals surface area contributed by atoms with Crippen LogP contribution >= 0.6 is 11.6 Å². The van der Waals surface area contributed by atoms with E-state index in [4.69, 9.17) is 16.3 Å². The second-order valence-corrected chi connectivity index (χ2v) is 8.38. The van der Waals surface area contributed by atoms with E-state index in [1.807, 2.05) is 24.3 Å². The highest BCUT2D eigenvalue weighted by molar-refractivity contribution is 6.28. The first-order valence-electron chi connectivity index (χ1n) is 11.2. The van der Waals surface area contributed by atoms with E-state index in [9.17, 15) is 0 Å². The zero-order valence-corrected chi connectivity index (χ0v) is 19.5. The Kier molecular flexibility index (Phi) is 6.51. The first kappa shape index (κ1) is 22.1. The normalized spacial score (nSPS) is 12.1. The summed E-state index contributed by atoms with van der Waals surface area (Å²) in [6, 6.07) is 30.7. The first-order chi connectivity index (χ1) is 16.7. The molecule has 0 amide bonds. The van der Waals surface area contributed by atoms with Gasteiger partial charge in [-0.15, -0.1) is 15.3 Å². The number of halogens is 1. The van der Waals surface area contributed by atoms with Crippen molar-refractivity contribution in [3.05, 3.63) is 107 Å². The number of nitrogens with one attached hydrogen (secondary N) is 1. The van der Waals surface area contributed by atoms with E-state index < -0.39 is 0 Å². The Morgan fingerprint density at radius 3 is 2.47 bits per heavy atom. The molecule has 0 saturated carbocycles. The Bertz CT molecular complexity index is 1390. The van der Waals surface area contributed by atoms with Gasteiger partial charge in [-0.1, -0.05) is 72.8 Å². The van der Waals surface area contributed by atoms with Crippen molar-refractivity contribution in [1.82, 2.24) is 25.1 Å². The van der Waals surface area contributed by atoms with Gasteiger partial charge in [-0.05, 0) is 60.3 Å². The van der Waals surface area contributed by atoms with Crippen molar-refractivity contribution in [2.24, 2.45) is 0 Å². The van der Waals surface area contributed by atoms with Gasteiger partial charge in [-0.3, -0.25) is 0 Å². The van der Waals surface area contributed by atoms with Crippen molar-refractivity contribution in [2.45, 2.75) is 19.4 Å². The van der Waals surface area contributed by atoms with Crippen LogP contribution in [0.5, 0.6) is 11.6 Å². The Hall–Kier alpha value is -3.74. The van der Waals surface area contributed by atoms with Crippen LogP contribution in [0.3, 0.4) is 0 Å². The van der Waals surface area contributed by atoms with Crippen molar-refractivity contribution in [1.29, 1.82) is 0 Å². The molecule has 1 atom stereocenters. The van der Waals surface area contributed by atoms with Crippen molar-refractivity contribution < 1.29 is 4.74 Å². The average Bonchev–Trinajstić information content (AvgIpc) is 3.25. The minimum Gasteiger partial charge on any atom is -0.437 e. The van der Waals surface area contributed by atoms with Gasteiger partial charge in [0.2, 0.25) is 11.2 Å². The summed E-state index contributed by atoms with van der Waals surface area (Å²) < 4.78 is 7.74. The van der Waals surface area contributed by atoms with Gasteiger partial charge in [-0.2, -0.15) is 4.52 Å². The Labute approximate surface area is 203 Å². The first-order valence-corrected chi connectivity index (χ1v) is 11.6. The number of nitrogens with zero attached hydrogens (tertiary/aromatic N) is 4. The molecule has 0 saturated heterocycles. The summed E-state index contributed by atoms with van der Waals surface area (Å²) in [7, 11) is 0. The number of aromatic nitrogens is 4. The fourth-order valence-corrected chi connectivity index (χ4v) is 4.02. The molecule has 0 fully saturated rings. The number of hydrogen-bond acceptors (Lipinski definition) is 5. The molecule has 170 valence electrons. The lowest BCUT2D eigenvalue weighted by molar-refractivity contribution is 0.452. The molecule has 3 aromatic carbocycles. The van der Waals surface area contributed by atoms with Crippen molar-refractivity contribution in [3.63, 3.8) is 0 Å². The fraction of sp³-hybridized carbons (Fsp3) is 0.148. The van der Waals surface area contributed by atoms with Crippen LogP contribution in [-0.2, 0) is 6.42 Å². The van der Waals surface area contributed by atoms with Gasteiger partial charge < -0.3 is 10.1 Å². The maximum atomic E-state index is 6.29. The number of benzene rings is 3. The van der Waals surface area contributed by atoms with E-state index in [0.29, 0.717) is 11.5 Å². The summed E-state index contributed by atoms with van der Waals surface area (Å²) in [4.78, 5) is 0. The topological polar surface area (TPSA) is 64.3 Å². The molecule has 0 aliphatic heterocycles. The van der Waals surface area contributed by atoms with Crippen LogP contribution in [0.15, 0.2) is 91.0 Å². The van der Waals surface area contributed by atoms with Crippen LogP contribution in [0.1, 0.15) is 24.1 Å². The molecule has 5 aromatic rings. The van der Waals surface area contributed by atoms with Crippen LogP contribution in [0.25, 0.3) is 16.8 Å². The van der Waals surface area contributed by atoms with E-state index >= 15 is 0 Å². The summed E-state index contributed by atoms with van der Waals surface area (Å²) in [6.45, 7) is 3.04.